The van der Waals surface area contributed by atoms with Crippen LogP contribution in [0, 0.1) is 34.6 Å². The summed E-state index contributed by atoms with van der Waals surface area (Å²) >= 11 is 12.1. The van der Waals surface area contributed by atoms with E-state index in [-0.39, 0.29) is 5.38 Å². The van der Waals surface area contributed by atoms with Crippen LogP contribution in [-0.4, -0.2) is 0 Å². The van der Waals surface area contributed by atoms with Gasteiger partial charge in [0.25, 0.3) is 0 Å². The zero-order valence-electron chi connectivity index (χ0n) is 11.9. The second-order valence-electron chi connectivity index (χ2n) is 5.03. The van der Waals surface area contributed by atoms with Gasteiger partial charge in [0.05, 0.1) is 5.38 Å². The molecule has 1 aromatic carbocycles. The Hall–Kier alpha value is -0.310. The van der Waals surface area contributed by atoms with Crippen molar-refractivity contribution >= 4 is 38.9 Å². The fraction of sp³-hybridized carbons (Fsp3) is 0.375. The second-order valence-corrected chi connectivity index (χ2v) is 7.27. The molecule has 1 atom stereocenters. The highest BCUT2D eigenvalue weighted by molar-refractivity contribution is 9.10. The monoisotopic (exact) mass is 356 g/mol. The summed E-state index contributed by atoms with van der Waals surface area (Å²) in [6.45, 7) is 10.9. The van der Waals surface area contributed by atoms with E-state index in [1.807, 2.05) is 0 Å². The summed E-state index contributed by atoms with van der Waals surface area (Å²) in [7, 11) is 0. The Labute approximate surface area is 132 Å². The van der Waals surface area contributed by atoms with E-state index in [1.54, 1.807) is 11.3 Å². The molecule has 0 aliphatic carbocycles. The summed E-state index contributed by atoms with van der Waals surface area (Å²) in [5.74, 6) is 0. The highest BCUT2D eigenvalue weighted by Crippen LogP contribution is 2.42. The van der Waals surface area contributed by atoms with E-state index in [4.69, 9.17) is 11.6 Å². The zero-order chi connectivity index (χ0) is 14.3. The molecule has 0 radical (unpaired) electrons. The van der Waals surface area contributed by atoms with Crippen LogP contribution in [0.1, 0.15) is 43.6 Å². The Bertz CT molecular complexity index is 599. The van der Waals surface area contributed by atoms with E-state index >= 15 is 0 Å². The average molecular weight is 358 g/mol. The molecule has 0 aliphatic rings. The Morgan fingerprint density at radius 1 is 0.947 bits per heavy atom. The van der Waals surface area contributed by atoms with Crippen molar-refractivity contribution in [3.63, 3.8) is 0 Å². The molecule has 2 aromatic rings. The minimum absolute atomic E-state index is 0.0765. The van der Waals surface area contributed by atoms with Crippen LogP contribution in [0.2, 0.25) is 0 Å². The van der Waals surface area contributed by atoms with Crippen LogP contribution < -0.4 is 0 Å². The molecule has 0 N–H and O–H groups in total. The highest BCUT2D eigenvalue weighted by atomic mass is 79.9. The van der Waals surface area contributed by atoms with Crippen molar-refractivity contribution in [3.8, 4) is 0 Å². The van der Waals surface area contributed by atoms with Gasteiger partial charge in [-0.05, 0) is 95.4 Å². The van der Waals surface area contributed by atoms with E-state index in [0.29, 0.717) is 0 Å². The topological polar surface area (TPSA) is 0 Å². The summed E-state index contributed by atoms with van der Waals surface area (Å²) in [5.41, 5.74) is 8.01. The van der Waals surface area contributed by atoms with E-state index in [9.17, 15) is 0 Å². The number of rotatable bonds is 2. The van der Waals surface area contributed by atoms with E-state index < -0.39 is 0 Å². The molecule has 0 saturated carbocycles. The first kappa shape index (κ1) is 15.1. The maximum absolute atomic E-state index is 6.77. The molecule has 0 fully saturated rings. The van der Waals surface area contributed by atoms with Gasteiger partial charge in [0.15, 0.2) is 0 Å². The van der Waals surface area contributed by atoms with E-state index in [2.05, 4.69) is 62.0 Å². The molecule has 19 heavy (non-hydrogen) atoms. The Kier molecular flexibility index (Phi) is 4.44. The predicted octanol–water partition coefficient (Wildman–Crippen LogP) is 6.38. The molecule has 1 heterocycles. The smallest absolute Gasteiger partial charge is 0.0944 e. The van der Waals surface area contributed by atoms with Crippen molar-refractivity contribution < 1.29 is 0 Å². The Balaban J connectivity index is 2.67. The number of thiophene rings is 1. The molecule has 0 amide bonds. The van der Waals surface area contributed by atoms with Gasteiger partial charge in [-0.2, -0.15) is 0 Å². The number of benzene rings is 1. The van der Waals surface area contributed by atoms with E-state index in [1.165, 1.54) is 38.3 Å². The van der Waals surface area contributed by atoms with Gasteiger partial charge in [0.2, 0.25) is 0 Å². The highest BCUT2D eigenvalue weighted by Gasteiger charge is 2.22. The fourth-order valence-electron chi connectivity index (χ4n) is 2.53. The molecule has 102 valence electrons. The normalized spacial score (nSPS) is 12.8. The largest absolute Gasteiger partial charge is 0.146 e. The molecule has 1 unspecified atom stereocenters. The predicted molar refractivity (Wildman–Crippen MR) is 89.8 cm³/mol. The summed E-state index contributed by atoms with van der Waals surface area (Å²) in [6.07, 6.45) is 0. The van der Waals surface area contributed by atoms with Crippen LogP contribution in [0.3, 0.4) is 0 Å². The van der Waals surface area contributed by atoms with Crippen LogP contribution in [0.4, 0.5) is 0 Å². The van der Waals surface area contributed by atoms with Gasteiger partial charge in [0.1, 0.15) is 0 Å². The number of alkyl halides is 1. The first-order chi connectivity index (χ1) is 8.86. The van der Waals surface area contributed by atoms with Crippen molar-refractivity contribution in [2.45, 2.75) is 40.0 Å². The summed E-state index contributed by atoms with van der Waals surface area (Å²) in [4.78, 5) is 1.19. The summed E-state index contributed by atoms with van der Waals surface area (Å²) in [6, 6.07) is 2.06. The Morgan fingerprint density at radius 2 is 1.42 bits per heavy atom. The first-order valence-electron chi connectivity index (χ1n) is 6.30. The molecule has 2 rings (SSSR count). The van der Waals surface area contributed by atoms with Crippen molar-refractivity contribution in [2.75, 3.05) is 0 Å². The van der Waals surface area contributed by atoms with Crippen molar-refractivity contribution in [2.24, 2.45) is 0 Å². The lowest BCUT2D eigenvalue weighted by Crippen LogP contribution is -2.05. The van der Waals surface area contributed by atoms with Gasteiger partial charge < -0.3 is 0 Å². The number of hydrogen-bond donors (Lipinski definition) is 0. The third kappa shape index (κ3) is 2.51. The molecular formula is C16H18BrClS. The van der Waals surface area contributed by atoms with Crippen LogP contribution in [-0.2, 0) is 0 Å². The minimum Gasteiger partial charge on any atom is -0.146 e. The zero-order valence-corrected chi connectivity index (χ0v) is 15.1. The van der Waals surface area contributed by atoms with Crippen LogP contribution in [0.25, 0.3) is 0 Å². The van der Waals surface area contributed by atoms with Crippen molar-refractivity contribution in [1.82, 2.24) is 0 Å². The molecule has 0 spiro atoms. The molecule has 0 nitrogen and oxygen atoms in total. The molecule has 0 bridgehead atoms. The van der Waals surface area contributed by atoms with E-state index in [0.717, 1.165) is 4.47 Å². The van der Waals surface area contributed by atoms with Crippen molar-refractivity contribution in [1.29, 1.82) is 0 Å². The van der Waals surface area contributed by atoms with Gasteiger partial charge in [0, 0.05) is 9.35 Å². The molecule has 1 aromatic heterocycles. The SMILES string of the molecule is Cc1c(C)c(C)c(C(Cl)c2sccc2Br)c(C)c1C. The lowest BCUT2D eigenvalue weighted by Gasteiger charge is -2.21. The van der Waals surface area contributed by atoms with Crippen LogP contribution in [0.15, 0.2) is 15.9 Å². The molecule has 0 saturated heterocycles. The van der Waals surface area contributed by atoms with Gasteiger partial charge in [-0.15, -0.1) is 22.9 Å². The first-order valence-corrected chi connectivity index (χ1v) is 8.41. The Morgan fingerprint density at radius 3 is 1.84 bits per heavy atom. The van der Waals surface area contributed by atoms with Gasteiger partial charge in [-0.3, -0.25) is 0 Å². The minimum atomic E-state index is -0.0765. The van der Waals surface area contributed by atoms with Gasteiger partial charge in [-0.1, -0.05) is 0 Å². The van der Waals surface area contributed by atoms with Gasteiger partial charge in [-0.25, -0.2) is 0 Å². The third-order valence-electron chi connectivity index (χ3n) is 4.19. The number of hydrogen-bond acceptors (Lipinski definition) is 1. The molecule has 0 aliphatic heterocycles. The molecular weight excluding hydrogens is 340 g/mol. The summed E-state index contributed by atoms with van der Waals surface area (Å²) < 4.78 is 1.10. The quantitative estimate of drug-likeness (QED) is 0.547. The standard InChI is InChI=1S/C16H18BrClS/c1-8-9(2)11(4)14(12(5)10(8)3)15(18)16-13(17)6-7-19-16/h6-7,15H,1-5H3. The van der Waals surface area contributed by atoms with Crippen LogP contribution >= 0.6 is 38.9 Å². The molecule has 3 heteroatoms. The summed E-state index contributed by atoms with van der Waals surface area (Å²) in [5, 5.41) is 2.00. The van der Waals surface area contributed by atoms with Gasteiger partial charge >= 0.3 is 0 Å². The second kappa shape index (κ2) is 5.59. The fourth-order valence-corrected chi connectivity index (χ4v) is 4.84. The number of halogens is 2. The van der Waals surface area contributed by atoms with Crippen LogP contribution in [0.5, 0.6) is 0 Å². The lowest BCUT2D eigenvalue weighted by molar-refractivity contribution is 1.05. The average Bonchev–Trinajstić information content (AvgIpc) is 2.80. The lowest BCUT2D eigenvalue weighted by atomic mass is 9.88. The third-order valence-corrected chi connectivity index (χ3v) is 6.69. The van der Waals surface area contributed by atoms with Crippen molar-refractivity contribution in [3.05, 3.63) is 54.2 Å². The maximum atomic E-state index is 6.77. The maximum Gasteiger partial charge on any atom is 0.0944 e.